The van der Waals surface area contributed by atoms with Gasteiger partial charge in [0.2, 0.25) is 0 Å². The quantitative estimate of drug-likeness (QED) is 0.317. The van der Waals surface area contributed by atoms with Crippen molar-refractivity contribution in [1.29, 1.82) is 0 Å². The van der Waals surface area contributed by atoms with E-state index in [1.165, 1.54) is 12.1 Å². The van der Waals surface area contributed by atoms with E-state index in [1.807, 2.05) is 48.5 Å². The highest BCUT2D eigenvalue weighted by molar-refractivity contribution is 6.09. The maximum Gasteiger partial charge on any atom is 0.315 e. The number of hydrogen-bond acceptors (Lipinski definition) is 6. The molecule has 3 atom stereocenters. The van der Waals surface area contributed by atoms with Crippen molar-refractivity contribution in [1.82, 2.24) is 0 Å². The largest absolute Gasteiger partial charge is 0.493 e. The standard InChI is InChI=1S/C33H32FNO5/c1-20-30(33(37)40-16-15-21-7-5-4-6-8-21)31(22-9-12-25(34)13-10-22)32-26(35-20)17-24(18-27(32)36)23-11-14-28(38-2)29(19-23)39-3/h4-14,19,24,30-31H,15-18H2,1-3H3/t24-,30?,31-/m1/s1. The zero-order valence-corrected chi connectivity index (χ0v) is 22.9. The summed E-state index contributed by atoms with van der Waals surface area (Å²) in [5, 5.41) is 0. The van der Waals surface area contributed by atoms with E-state index in [1.54, 1.807) is 33.3 Å². The lowest BCUT2D eigenvalue weighted by molar-refractivity contribution is -0.146. The third-order valence-electron chi connectivity index (χ3n) is 7.73. The minimum atomic E-state index is -0.776. The Morgan fingerprint density at radius 1 is 0.925 bits per heavy atom. The average Bonchev–Trinajstić information content (AvgIpc) is 2.96. The van der Waals surface area contributed by atoms with E-state index in [9.17, 15) is 14.0 Å². The second-order valence-electron chi connectivity index (χ2n) is 10.2. The average molecular weight is 542 g/mol. The van der Waals surface area contributed by atoms with Gasteiger partial charge < -0.3 is 14.2 Å². The van der Waals surface area contributed by atoms with Gasteiger partial charge in [-0.3, -0.25) is 14.6 Å². The molecule has 0 amide bonds. The smallest absolute Gasteiger partial charge is 0.315 e. The molecular formula is C33H32FNO5. The third kappa shape index (κ3) is 5.55. The number of nitrogens with zero attached hydrogens (tertiary/aromatic N) is 1. The molecule has 40 heavy (non-hydrogen) atoms. The van der Waals surface area contributed by atoms with Crippen molar-refractivity contribution in [3.63, 3.8) is 0 Å². The Balaban J connectivity index is 1.46. The van der Waals surface area contributed by atoms with Crippen LogP contribution < -0.4 is 9.47 Å². The van der Waals surface area contributed by atoms with E-state index in [-0.39, 0.29) is 30.5 Å². The first-order valence-electron chi connectivity index (χ1n) is 13.4. The Kier molecular flexibility index (Phi) is 8.10. The maximum absolute atomic E-state index is 13.9. The number of aliphatic imine (C=N–C) groups is 1. The number of allylic oxidation sites excluding steroid dienone is 2. The van der Waals surface area contributed by atoms with Crippen molar-refractivity contribution in [3.8, 4) is 11.5 Å². The zero-order chi connectivity index (χ0) is 28.2. The summed E-state index contributed by atoms with van der Waals surface area (Å²) < 4.78 is 30.4. The van der Waals surface area contributed by atoms with E-state index in [4.69, 9.17) is 19.2 Å². The highest BCUT2D eigenvalue weighted by atomic mass is 19.1. The van der Waals surface area contributed by atoms with Gasteiger partial charge in [0, 0.05) is 35.7 Å². The van der Waals surface area contributed by atoms with E-state index in [0.717, 1.165) is 11.1 Å². The van der Waals surface area contributed by atoms with Crippen LogP contribution in [0.2, 0.25) is 0 Å². The van der Waals surface area contributed by atoms with Crippen LogP contribution in [-0.2, 0) is 20.7 Å². The fraction of sp³-hybridized carbons (Fsp3) is 0.303. The Labute approximate surface area is 233 Å². The molecule has 1 heterocycles. The third-order valence-corrected chi connectivity index (χ3v) is 7.73. The summed E-state index contributed by atoms with van der Waals surface area (Å²) in [5.41, 5.74) is 4.46. The van der Waals surface area contributed by atoms with E-state index >= 15 is 0 Å². The summed E-state index contributed by atoms with van der Waals surface area (Å²) in [6.07, 6.45) is 1.37. The molecule has 0 spiro atoms. The first kappa shape index (κ1) is 27.3. The number of ketones is 1. The lowest BCUT2D eigenvalue weighted by Crippen LogP contribution is -2.38. The van der Waals surface area contributed by atoms with Crippen molar-refractivity contribution < 1.29 is 28.2 Å². The first-order valence-corrected chi connectivity index (χ1v) is 13.4. The number of carbonyl (C=O) groups excluding carboxylic acids is 2. The highest BCUT2D eigenvalue weighted by Gasteiger charge is 2.44. The van der Waals surface area contributed by atoms with Gasteiger partial charge in [0.1, 0.15) is 11.7 Å². The van der Waals surface area contributed by atoms with Crippen LogP contribution in [-0.4, -0.2) is 38.3 Å². The van der Waals surface area contributed by atoms with Gasteiger partial charge >= 0.3 is 5.97 Å². The van der Waals surface area contributed by atoms with Crippen LogP contribution in [0.3, 0.4) is 0 Å². The molecule has 1 unspecified atom stereocenters. The molecule has 3 aromatic rings. The van der Waals surface area contributed by atoms with Gasteiger partial charge in [-0.25, -0.2) is 4.39 Å². The second kappa shape index (κ2) is 11.9. The number of carbonyl (C=O) groups is 2. The van der Waals surface area contributed by atoms with Crippen molar-refractivity contribution in [2.24, 2.45) is 10.9 Å². The molecule has 0 radical (unpaired) electrons. The van der Waals surface area contributed by atoms with Crippen LogP contribution in [0.15, 0.2) is 89.1 Å². The molecule has 0 aromatic heterocycles. The van der Waals surface area contributed by atoms with Crippen LogP contribution in [0.4, 0.5) is 4.39 Å². The Morgan fingerprint density at radius 3 is 2.33 bits per heavy atom. The second-order valence-corrected chi connectivity index (χ2v) is 10.2. The fourth-order valence-corrected chi connectivity index (χ4v) is 5.74. The molecule has 0 fully saturated rings. The number of halogens is 1. The van der Waals surface area contributed by atoms with Crippen LogP contribution in [0, 0.1) is 11.7 Å². The maximum atomic E-state index is 13.9. The monoisotopic (exact) mass is 541 g/mol. The summed E-state index contributed by atoms with van der Waals surface area (Å²) in [6, 6.07) is 21.4. The number of methoxy groups -OCH3 is 2. The van der Waals surface area contributed by atoms with Gasteiger partial charge in [0.15, 0.2) is 17.3 Å². The van der Waals surface area contributed by atoms with Crippen LogP contribution in [0.1, 0.15) is 48.3 Å². The molecule has 0 bridgehead atoms. The Morgan fingerprint density at radius 2 is 1.62 bits per heavy atom. The number of hydrogen-bond donors (Lipinski definition) is 0. The van der Waals surface area contributed by atoms with Gasteiger partial charge in [0.25, 0.3) is 0 Å². The molecule has 0 saturated heterocycles. The van der Waals surface area contributed by atoms with Crippen molar-refractivity contribution in [2.75, 3.05) is 20.8 Å². The van der Waals surface area contributed by atoms with Gasteiger partial charge in [-0.2, -0.15) is 0 Å². The van der Waals surface area contributed by atoms with Crippen LogP contribution in [0.5, 0.6) is 11.5 Å². The molecule has 3 aromatic carbocycles. The molecule has 7 heteroatoms. The van der Waals surface area contributed by atoms with Gasteiger partial charge in [-0.1, -0.05) is 48.5 Å². The minimum Gasteiger partial charge on any atom is -0.493 e. The summed E-state index contributed by atoms with van der Waals surface area (Å²) in [7, 11) is 3.16. The van der Waals surface area contributed by atoms with Crippen molar-refractivity contribution in [3.05, 3.63) is 107 Å². The lowest BCUT2D eigenvalue weighted by Gasteiger charge is -2.36. The summed E-state index contributed by atoms with van der Waals surface area (Å²) in [5.74, 6) is -1.17. The SMILES string of the molecule is COc1ccc([C@H]2CC(=O)C3=C(C2)N=C(C)C(C(=O)OCCc2ccccc2)[C@H]3c2ccc(F)cc2)cc1OC. The Hall–Kier alpha value is -4.26. The fourth-order valence-electron chi connectivity index (χ4n) is 5.74. The summed E-state index contributed by atoms with van der Waals surface area (Å²) >= 11 is 0. The molecule has 206 valence electrons. The lowest BCUT2D eigenvalue weighted by atomic mass is 9.69. The molecule has 5 rings (SSSR count). The summed E-state index contributed by atoms with van der Waals surface area (Å²) in [4.78, 5) is 32.1. The predicted octanol–water partition coefficient (Wildman–Crippen LogP) is 6.20. The minimum absolute atomic E-state index is 0.0753. The number of ether oxygens (including phenoxy) is 3. The number of esters is 1. The predicted molar refractivity (Wildman–Crippen MR) is 150 cm³/mol. The highest BCUT2D eigenvalue weighted by Crippen LogP contribution is 2.47. The van der Waals surface area contributed by atoms with E-state index < -0.39 is 17.8 Å². The zero-order valence-electron chi connectivity index (χ0n) is 22.9. The molecule has 0 N–H and O–H groups in total. The van der Waals surface area contributed by atoms with Crippen LogP contribution in [0.25, 0.3) is 0 Å². The van der Waals surface area contributed by atoms with E-state index in [0.29, 0.717) is 46.9 Å². The first-order chi connectivity index (χ1) is 19.4. The molecule has 6 nitrogen and oxygen atoms in total. The van der Waals surface area contributed by atoms with Crippen molar-refractivity contribution >= 4 is 17.5 Å². The van der Waals surface area contributed by atoms with E-state index in [2.05, 4.69) is 0 Å². The van der Waals surface area contributed by atoms with Gasteiger partial charge in [-0.15, -0.1) is 0 Å². The molecule has 1 aliphatic heterocycles. The molecule has 2 aliphatic rings. The van der Waals surface area contributed by atoms with Crippen LogP contribution >= 0.6 is 0 Å². The Bertz CT molecular complexity index is 1460. The number of benzene rings is 3. The molecule has 0 saturated carbocycles. The molecule has 1 aliphatic carbocycles. The van der Waals surface area contributed by atoms with Gasteiger partial charge in [-0.05, 0) is 60.2 Å². The normalized spacial score (nSPS) is 20.4. The van der Waals surface area contributed by atoms with Gasteiger partial charge in [0.05, 0.1) is 20.8 Å². The topological polar surface area (TPSA) is 74.2 Å². The summed E-state index contributed by atoms with van der Waals surface area (Å²) in [6.45, 7) is 2.01. The molecular weight excluding hydrogens is 509 g/mol. The number of rotatable bonds is 8. The van der Waals surface area contributed by atoms with Crippen molar-refractivity contribution in [2.45, 2.75) is 38.0 Å². The number of Topliss-reactive ketones (excluding diaryl/α,β-unsaturated/α-hetero) is 1.